The summed E-state index contributed by atoms with van der Waals surface area (Å²) in [6.45, 7) is 6.64. The Balaban J connectivity index is 1.26. The molecule has 10 nitrogen and oxygen atoms in total. The molecule has 4 fully saturated rings. The Morgan fingerprint density at radius 3 is 2.28 bits per heavy atom. The number of aryl methyl sites for hydroxylation is 1. The van der Waals surface area contributed by atoms with E-state index >= 15 is 0 Å². The van der Waals surface area contributed by atoms with Crippen LogP contribution in [0.25, 0.3) is 10.9 Å². The van der Waals surface area contributed by atoms with E-state index in [1.54, 1.807) is 23.1 Å². The second-order valence-corrected chi connectivity index (χ2v) is 15.3. The Kier molecular flexibility index (Phi) is 6.77. The van der Waals surface area contributed by atoms with Crippen LogP contribution in [0.3, 0.4) is 0 Å². The molecule has 0 unspecified atom stereocenters. The number of ether oxygens (including phenoxy) is 1. The third-order valence-electron chi connectivity index (χ3n) is 9.48. The summed E-state index contributed by atoms with van der Waals surface area (Å²) in [7, 11) is -3.61. The van der Waals surface area contributed by atoms with Crippen LogP contribution in [0.4, 0.5) is 32.1 Å². The van der Waals surface area contributed by atoms with E-state index in [2.05, 4.69) is 30.2 Å². The standard InChI is InChI=1S/C30H37F2N7O3S/c1-20-13-24(37-27(35-20)39-11-7-30(31,32)8-12-39)36-26-25-22(33-19-34-26)14-21(43(40,41)18-28(2)16-42-17-28)15-23(25)38-9-5-29(3-4-29)6-10-38/h13-15,19H,3-12,16-18H2,1-2H3,(H,33,34,35,36,37). The van der Waals surface area contributed by atoms with Crippen molar-refractivity contribution in [2.24, 2.45) is 10.8 Å². The largest absolute Gasteiger partial charge is 0.380 e. The van der Waals surface area contributed by atoms with E-state index in [1.165, 1.54) is 19.2 Å². The van der Waals surface area contributed by atoms with Gasteiger partial charge in [0.25, 0.3) is 5.92 Å². The number of benzene rings is 1. The number of anilines is 4. The molecule has 3 aromatic rings. The van der Waals surface area contributed by atoms with E-state index < -0.39 is 21.2 Å². The highest BCUT2D eigenvalue weighted by molar-refractivity contribution is 7.91. The Bertz CT molecular complexity index is 1660. The van der Waals surface area contributed by atoms with E-state index in [4.69, 9.17) is 4.74 Å². The molecule has 2 aromatic heterocycles. The van der Waals surface area contributed by atoms with Gasteiger partial charge in [-0.05, 0) is 50.2 Å². The van der Waals surface area contributed by atoms with Crippen molar-refractivity contribution in [2.75, 3.05) is 60.3 Å². The molecule has 5 heterocycles. The second kappa shape index (κ2) is 10.2. The highest BCUT2D eigenvalue weighted by Crippen LogP contribution is 2.54. The number of sulfone groups is 1. The summed E-state index contributed by atoms with van der Waals surface area (Å²) in [5.41, 5.74) is 2.05. The molecule has 230 valence electrons. The van der Waals surface area contributed by atoms with Crippen LogP contribution >= 0.6 is 0 Å². The van der Waals surface area contributed by atoms with Crippen molar-refractivity contribution in [3.8, 4) is 0 Å². The van der Waals surface area contributed by atoms with Crippen molar-refractivity contribution in [1.82, 2.24) is 19.9 Å². The first-order valence-electron chi connectivity index (χ1n) is 15.0. The lowest BCUT2D eigenvalue weighted by molar-refractivity contribution is -0.0870. The third-order valence-corrected chi connectivity index (χ3v) is 11.5. The van der Waals surface area contributed by atoms with Crippen LogP contribution in [0.15, 0.2) is 29.4 Å². The number of halogens is 2. The van der Waals surface area contributed by atoms with Crippen molar-refractivity contribution >= 4 is 44.0 Å². The number of hydrogen-bond acceptors (Lipinski definition) is 10. The second-order valence-electron chi connectivity index (χ2n) is 13.3. The molecule has 43 heavy (non-hydrogen) atoms. The first-order chi connectivity index (χ1) is 20.4. The number of rotatable bonds is 7. The Morgan fingerprint density at radius 1 is 0.930 bits per heavy atom. The number of nitrogens with one attached hydrogen (secondary N) is 1. The summed E-state index contributed by atoms with van der Waals surface area (Å²) >= 11 is 0. The summed E-state index contributed by atoms with van der Waals surface area (Å²) in [6, 6.07) is 5.21. The maximum Gasteiger partial charge on any atom is 0.251 e. The van der Waals surface area contributed by atoms with Crippen molar-refractivity contribution < 1.29 is 21.9 Å². The quantitative estimate of drug-likeness (QED) is 0.395. The minimum absolute atomic E-state index is 0.00959. The zero-order valence-electron chi connectivity index (χ0n) is 24.6. The topological polar surface area (TPSA) is 113 Å². The van der Waals surface area contributed by atoms with Crippen LogP contribution in [0.5, 0.6) is 0 Å². The van der Waals surface area contributed by atoms with Gasteiger partial charge >= 0.3 is 0 Å². The number of nitrogens with zero attached hydrogens (tertiary/aromatic N) is 6. The van der Waals surface area contributed by atoms with Gasteiger partial charge in [-0.2, -0.15) is 4.98 Å². The molecule has 7 rings (SSSR count). The zero-order valence-corrected chi connectivity index (χ0v) is 25.4. The normalized spacial score (nSPS) is 22.4. The number of aromatic nitrogens is 4. The maximum absolute atomic E-state index is 13.8. The Morgan fingerprint density at radius 2 is 1.63 bits per heavy atom. The molecule has 1 spiro atoms. The smallest absolute Gasteiger partial charge is 0.251 e. The molecule has 1 N–H and O–H groups in total. The van der Waals surface area contributed by atoms with Crippen molar-refractivity contribution in [3.05, 3.63) is 30.2 Å². The maximum atomic E-state index is 13.8. The van der Waals surface area contributed by atoms with E-state index in [1.807, 2.05) is 13.8 Å². The summed E-state index contributed by atoms with van der Waals surface area (Å²) in [5.74, 6) is -1.28. The van der Waals surface area contributed by atoms with Gasteiger partial charge in [-0.1, -0.05) is 6.92 Å². The highest BCUT2D eigenvalue weighted by atomic mass is 32.2. The molecular formula is C30H37F2N7O3S. The van der Waals surface area contributed by atoms with Gasteiger partial charge in [-0.15, -0.1) is 0 Å². The fraction of sp³-hybridized carbons (Fsp3) is 0.600. The number of hydrogen-bond donors (Lipinski definition) is 1. The van der Waals surface area contributed by atoms with Gasteiger partial charge in [0.15, 0.2) is 9.84 Å². The number of fused-ring (bicyclic) bond motifs is 1. The van der Waals surface area contributed by atoms with Gasteiger partial charge in [0.2, 0.25) is 5.95 Å². The van der Waals surface area contributed by atoms with Crippen molar-refractivity contribution in [1.29, 1.82) is 0 Å². The van der Waals surface area contributed by atoms with Crippen LogP contribution in [0.2, 0.25) is 0 Å². The molecule has 0 bridgehead atoms. The molecule has 0 radical (unpaired) electrons. The average Bonchev–Trinajstić information content (AvgIpc) is 3.70. The minimum atomic E-state index is -3.61. The summed E-state index contributed by atoms with van der Waals surface area (Å²) in [5, 5.41) is 4.06. The van der Waals surface area contributed by atoms with Gasteiger partial charge < -0.3 is 19.9 Å². The minimum Gasteiger partial charge on any atom is -0.380 e. The molecule has 4 aliphatic rings. The SMILES string of the molecule is Cc1cc(Nc2ncnc3cc(S(=O)(=O)CC4(C)COC4)cc(N4CCC5(CC4)CC5)c23)nc(N2CCC(F)(F)CC2)n1. The van der Waals surface area contributed by atoms with Crippen molar-refractivity contribution in [3.63, 3.8) is 0 Å². The average molecular weight is 614 g/mol. The van der Waals surface area contributed by atoms with Crippen LogP contribution in [-0.2, 0) is 14.6 Å². The molecular weight excluding hydrogens is 576 g/mol. The first kappa shape index (κ1) is 28.6. The molecule has 3 aliphatic heterocycles. The highest BCUT2D eigenvalue weighted by Gasteiger charge is 2.45. The zero-order chi connectivity index (χ0) is 30.0. The molecule has 0 atom stereocenters. The van der Waals surface area contributed by atoms with Gasteiger partial charge in [0.1, 0.15) is 18.0 Å². The van der Waals surface area contributed by atoms with Crippen LogP contribution in [0.1, 0.15) is 51.1 Å². The summed E-state index contributed by atoms with van der Waals surface area (Å²) < 4.78 is 60.2. The summed E-state index contributed by atoms with van der Waals surface area (Å²) in [4.78, 5) is 22.6. The van der Waals surface area contributed by atoms with Crippen LogP contribution < -0.4 is 15.1 Å². The van der Waals surface area contributed by atoms with E-state index in [0.29, 0.717) is 47.4 Å². The van der Waals surface area contributed by atoms with Gasteiger partial charge in [0, 0.05) is 56.2 Å². The van der Waals surface area contributed by atoms with E-state index in [-0.39, 0.29) is 36.6 Å². The molecule has 1 aromatic carbocycles. The molecule has 13 heteroatoms. The van der Waals surface area contributed by atoms with Crippen molar-refractivity contribution in [2.45, 2.75) is 63.2 Å². The lowest BCUT2D eigenvalue weighted by Gasteiger charge is -2.38. The number of piperidine rings is 2. The van der Waals surface area contributed by atoms with E-state index in [9.17, 15) is 17.2 Å². The van der Waals surface area contributed by atoms with Crippen LogP contribution in [-0.4, -0.2) is 79.4 Å². The number of alkyl halides is 2. The van der Waals surface area contributed by atoms with E-state index in [0.717, 1.165) is 37.0 Å². The molecule has 3 saturated heterocycles. The lowest BCUT2D eigenvalue weighted by atomic mass is 9.92. The third kappa shape index (κ3) is 5.73. The fourth-order valence-electron chi connectivity index (χ4n) is 6.56. The van der Waals surface area contributed by atoms with Gasteiger partial charge in [-0.25, -0.2) is 32.2 Å². The van der Waals surface area contributed by atoms with Gasteiger partial charge in [0.05, 0.1) is 40.5 Å². The lowest BCUT2D eigenvalue weighted by Crippen LogP contribution is -2.45. The van der Waals surface area contributed by atoms with Crippen LogP contribution in [0, 0.1) is 17.8 Å². The predicted molar refractivity (Wildman–Crippen MR) is 160 cm³/mol. The first-order valence-corrected chi connectivity index (χ1v) is 16.7. The predicted octanol–water partition coefficient (Wildman–Crippen LogP) is 4.90. The fourth-order valence-corrected chi connectivity index (χ4v) is 8.39. The molecule has 1 saturated carbocycles. The van der Waals surface area contributed by atoms with Gasteiger partial charge in [-0.3, -0.25) is 0 Å². The molecule has 1 aliphatic carbocycles. The molecule has 0 amide bonds. The Hall–Kier alpha value is -3.19. The Labute approximate surface area is 250 Å². The monoisotopic (exact) mass is 613 g/mol. The summed E-state index contributed by atoms with van der Waals surface area (Å²) in [6.07, 6.45) is 5.61.